The average molecular weight is 189 g/mol. The molecular weight excluding hydrogens is 178 g/mol. The van der Waals surface area contributed by atoms with E-state index in [1.165, 1.54) is 12.1 Å². The molecule has 0 saturated heterocycles. The molecule has 0 aromatic heterocycles. The van der Waals surface area contributed by atoms with Crippen LogP contribution in [0.4, 0.5) is 0 Å². The van der Waals surface area contributed by atoms with Gasteiger partial charge in [0.1, 0.15) is 0 Å². The van der Waals surface area contributed by atoms with Gasteiger partial charge in [0, 0.05) is 0 Å². The van der Waals surface area contributed by atoms with Gasteiger partial charge in [-0.3, -0.25) is 11.7 Å². The SMILES string of the molecule is NN.NS(=O)(=O)c1ccccc1. The summed E-state index contributed by atoms with van der Waals surface area (Å²) in [4.78, 5) is 0.148. The number of rotatable bonds is 1. The third-order valence-electron chi connectivity index (χ3n) is 1.07. The van der Waals surface area contributed by atoms with Gasteiger partial charge in [-0.25, -0.2) is 13.6 Å². The third-order valence-corrected chi connectivity index (χ3v) is 2.00. The van der Waals surface area contributed by atoms with E-state index >= 15 is 0 Å². The molecule has 6 heteroatoms. The summed E-state index contributed by atoms with van der Waals surface area (Å²) in [5.74, 6) is 8.00. The van der Waals surface area contributed by atoms with Crippen molar-refractivity contribution in [2.45, 2.75) is 4.90 Å². The monoisotopic (exact) mass is 189 g/mol. The number of sulfonamides is 1. The van der Waals surface area contributed by atoms with E-state index in [4.69, 9.17) is 5.14 Å². The first-order valence-electron chi connectivity index (χ1n) is 3.02. The first-order valence-corrected chi connectivity index (χ1v) is 4.56. The van der Waals surface area contributed by atoms with E-state index in [-0.39, 0.29) is 4.90 Å². The number of hydrogen-bond acceptors (Lipinski definition) is 4. The molecule has 0 aliphatic carbocycles. The van der Waals surface area contributed by atoms with Gasteiger partial charge in [-0.1, -0.05) is 18.2 Å². The summed E-state index contributed by atoms with van der Waals surface area (Å²) in [7, 11) is -3.50. The van der Waals surface area contributed by atoms with Crippen LogP contribution in [0, 0.1) is 0 Å². The number of hydrogen-bond donors (Lipinski definition) is 3. The molecule has 0 aliphatic heterocycles. The number of benzene rings is 1. The second-order valence-corrected chi connectivity index (χ2v) is 3.42. The Morgan fingerprint density at radius 1 is 1.00 bits per heavy atom. The second-order valence-electron chi connectivity index (χ2n) is 1.86. The minimum atomic E-state index is -3.50. The summed E-state index contributed by atoms with van der Waals surface area (Å²) < 4.78 is 21.2. The van der Waals surface area contributed by atoms with Gasteiger partial charge in [-0.05, 0) is 12.1 Å². The van der Waals surface area contributed by atoms with Crippen molar-refractivity contribution in [3.63, 3.8) is 0 Å². The Bertz CT molecular complexity index is 309. The zero-order chi connectivity index (χ0) is 9.61. The van der Waals surface area contributed by atoms with Crippen LogP contribution in [-0.2, 0) is 10.0 Å². The van der Waals surface area contributed by atoms with Gasteiger partial charge in [0.2, 0.25) is 10.0 Å². The minimum Gasteiger partial charge on any atom is -0.274 e. The zero-order valence-electron chi connectivity index (χ0n) is 6.34. The molecule has 5 nitrogen and oxygen atoms in total. The molecule has 12 heavy (non-hydrogen) atoms. The molecule has 0 amide bonds. The summed E-state index contributed by atoms with van der Waals surface area (Å²) >= 11 is 0. The molecule has 0 spiro atoms. The normalized spacial score (nSPS) is 9.92. The first-order chi connectivity index (χ1) is 5.61. The summed E-state index contributed by atoms with van der Waals surface area (Å²) in [5, 5.41) is 4.83. The summed E-state index contributed by atoms with van der Waals surface area (Å²) in [6, 6.07) is 7.89. The quantitative estimate of drug-likeness (QED) is 0.394. The molecule has 1 rings (SSSR count). The summed E-state index contributed by atoms with van der Waals surface area (Å²) in [6.07, 6.45) is 0. The predicted molar refractivity (Wildman–Crippen MR) is 46.2 cm³/mol. The van der Waals surface area contributed by atoms with Crippen molar-refractivity contribution in [2.24, 2.45) is 16.8 Å². The molecular formula is C6H11N3O2S. The van der Waals surface area contributed by atoms with Gasteiger partial charge in [0.15, 0.2) is 0 Å². The van der Waals surface area contributed by atoms with Crippen molar-refractivity contribution in [3.8, 4) is 0 Å². The van der Waals surface area contributed by atoms with Crippen LogP contribution in [0.5, 0.6) is 0 Å². The van der Waals surface area contributed by atoms with Crippen molar-refractivity contribution in [1.29, 1.82) is 0 Å². The van der Waals surface area contributed by atoms with Crippen LogP contribution in [0.3, 0.4) is 0 Å². The maximum atomic E-state index is 10.6. The first kappa shape index (κ1) is 11.1. The van der Waals surface area contributed by atoms with Gasteiger partial charge in [0.05, 0.1) is 4.90 Å². The molecule has 0 atom stereocenters. The maximum absolute atomic E-state index is 10.6. The van der Waals surface area contributed by atoms with E-state index < -0.39 is 10.0 Å². The second kappa shape index (κ2) is 4.83. The van der Waals surface area contributed by atoms with Crippen molar-refractivity contribution in [1.82, 2.24) is 0 Å². The average Bonchev–Trinajstić information content (AvgIpc) is 2.08. The molecule has 0 fully saturated rings. The standard InChI is InChI=1S/C6H7NO2S.H4N2/c7-10(8,9)6-4-2-1-3-5-6;1-2/h1-5H,(H2,7,8,9);1-2H2. The Kier molecular flexibility index (Phi) is 4.45. The predicted octanol–water partition coefficient (Wildman–Crippen LogP) is -0.847. The van der Waals surface area contributed by atoms with Crippen molar-refractivity contribution in [2.75, 3.05) is 0 Å². The van der Waals surface area contributed by atoms with Crippen LogP contribution in [0.1, 0.15) is 0 Å². The van der Waals surface area contributed by atoms with Crippen LogP contribution < -0.4 is 16.8 Å². The highest BCUT2D eigenvalue weighted by molar-refractivity contribution is 7.89. The summed E-state index contributed by atoms with van der Waals surface area (Å²) in [6.45, 7) is 0. The van der Waals surface area contributed by atoms with Crippen LogP contribution in [0.25, 0.3) is 0 Å². The van der Waals surface area contributed by atoms with E-state index in [1.807, 2.05) is 0 Å². The Balaban J connectivity index is 0.000000561. The van der Waals surface area contributed by atoms with Gasteiger partial charge >= 0.3 is 0 Å². The van der Waals surface area contributed by atoms with Gasteiger partial charge < -0.3 is 0 Å². The van der Waals surface area contributed by atoms with Crippen molar-refractivity contribution < 1.29 is 8.42 Å². The van der Waals surface area contributed by atoms with Crippen LogP contribution in [-0.4, -0.2) is 8.42 Å². The zero-order valence-corrected chi connectivity index (χ0v) is 7.16. The molecule has 68 valence electrons. The molecule has 0 saturated carbocycles. The number of primary sulfonamides is 1. The molecule has 0 aliphatic rings. The smallest absolute Gasteiger partial charge is 0.238 e. The lowest BCUT2D eigenvalue weighted by atomic mass is 10.4. The Hall–Kier alpha value is -0.950. The van der Waals surface area contributed by atoms with Crippen LogP contribution >= 0.6 is 0 Å². The molecule has 1 aromatic carbocycles. The summed E-state index contributed by atoms with van der Waals surface area (Å²) in [5.41, 5.74) is 0. The largest absolute Gasteiger partial charge is 0.274 e. The van der Waals surface area contributed by atoms with Crippen LogP contribution in [0.2, 0.25) is 0 Å². The highest BCUT2D eigenvalue weighted by Gasteiger charge is 2.03. The fraction of sp³-hybridized carbons (Fsp3) is 0. The van der Waals surface area contributed by atoms with Gasteiger partial charge in [-0.2, -0.15) is 0 Å². The number of hydrazine groups is 1. The fourth-order valence-corrected chi connectivity index (χ4v) is 1.15. The Morgan fingerprint density at radius 3 is 1.67 bits per heavy atom. The highest BCUT2D eigenvalue weighted by atomic mass is 32.2. The molecule has 1 aromatic rings. The maximum Gasteiger partial charge on any atom is 0.238 e. The van der Waals surface area contributed by atoms with Crippen molar-refractivity contribution in [3.05, 3.63) is 30.3 Å². The molecule has 0 bridgehead atoms. The van der Waals surface area contributed by atoms with E-state index in [1.54, 1.807) is 18.2 Å². The fourth-order valence-electron chi connectivity index (χ4n) is 0.610. The molecule has 6 N–H and O–H groups in total. The topological polar surface area (TPSA) is 112 Å². The minimum absolute atomic E-state index is 0.148. The van der Waals surface area contributed by atoms with Crippen molar-refractivity contribution >= 4 is 10.0 Å². The lowest BCUT2D eigenvalue weighted by Crippen LogP contribution is -2.11. The number of nitrogens with two attached hydrogens (primary N) is 3. The van der Waals surface area contributed by atoms with Crippen LogP contribution in [0.15, 0.2) is 35.2 Å². The van der Waals surface area contributed by atoms with Gasteiger partial charge in [0.25, 0.3) is 0 Å². The lowest BCUT2D eigenvalue weighted by molar-refractivity contribution is 0.598. The molecule has 0 radical (unpaired) electrons. The Labute approximate surface area is 71.2 Å². The molecule has 0 heterocycles. The highest BCUT2D eigenvalue weighted by Crippen LogP contribution is 2.02. The molecule has 0 unspecified atom stereocenters. The third kappa shape index (κ3) is 3.44. The Morgan fingerprint density at radius 2 is 1.42 bits per heavy atom. The van der Waals surface area contributed by atoms with E-state index in [9.17, 15) is 8.42 Å². The van der Waals surface area contributed by atoms with E-state index in [0.717, 1.165) is 0 Å². The lowest BCUT2D eigenvalue weighted by Gasteiger charge is -1.93. The van der Waals surface area contributed by atoms with E-state index in [2.05, 4.69) is 11.7 Å². The van der Waals surface area contributed by atoms with Gasteiger partial charge in [-0.15, -0.1) is 0 Å². The van der Waals surface area contributed by atoms with E-state index in [0.29, 0.717) is 0 Å².